The molecule has 0 aliphatic carbocycles. The molecule has 0 saturated heterocycles. The molecule has 0 amide bonds. The van der Waals surface area contributed by atoms with Crippen LogP contribution in [0.1, 0.15) is 20.8 Å². The third-order valence-corrected chi connectivity index (χ3v) is 3.07. The van der Waals surface area contributed by atoms with Crippen LogP contribution in [0, 0.1) is 0 Å². The minimum atomic E-state index is -1.35. The average molecular weight is 298 g/mol. The summed E-state index contributed by atoms with van der Waals surface area (Å²) < 4.78 is 32.1. The van der Waals surface area contributed by atoms with Crippen molar-refractivity contribution in [3.05, 3.63) is 0 Å². The Labute approximate surface area is 117 Å². The van der Waals surface area contributed by atoms with Crippen LogP contribution in [0.4, 0.5) is 0 Å². The molecule has 116 valence electrons. The molecular weight excluding hydrogens is 271 g/mol. The normalized spacial score (nSPS) is 11.4. The van der Waals surface area contributed by atoms with Gasteiger partial charge in [0.2, 0.25) is 0 Å². The molecule has 0 aliphatic rings. The second-order valence-electron chi connectivity index (χ2n) is 3.31. The summed E-state index contributed by atoms with van der Waals surface area (Å²) in [6.45, 7) is 10.9. The van der Waals surface area contributed by atoms with Crippen LogP contribution in [0.15, 0.2) is 0 Å². The number of ether oxygens (including phenoxy) is 3. The summed E-state index contributed by atoms with van der Waals surface area (Å²) in [4.78, 5) is 0. The molecule has 0 aliphatic heterocycles. The van der Waals surface area contributed by atoms with Crippen molar-refractivity contribution < 1.29 is 27.8 Å². The maximum absolute atomic E-state index is 5.49. The van der Waals surface area contributed by atoms with E-state index >= 15 is 0 Å². The molecule has 0 unspecified atom stereocenters. The molecule has 0 N–H and O–H groups in total. The van der Waals surface area contributed by atoms with Gasteiger partial charge in [-0.15, -0.1) is 0 Å². The summed E-state index contributed by atoms with van der Waals surface area (Å²) in [6.07, 6.45) is 0. The van der Waals surface area contributed by atoms with E-state index in [9.17, 15) is 0 Å². The molecule has 19 heavy (non-hydrogen) atoms. The summed E-state index contributed by atoms with van der Waals surface area (Å²) in [7, 11) is -1.35. The minimum absolute atomic E-state index is 0.461. The van der Waals surface area contributed by atoms with Gasteiger partial charge in [-0.1, -0.05) is 0 Å². The van der Waals surface area contributed by atoms with Gasteiger partial charge in [-0.05, 0) is 20.8 Å². The predicted octanol–water partition coefficient (Wildman–Crippen LogP) is 2.37. The maximum Gasteiger partial charge on any atom is 0.332 e. The highest BCUT2D eigenvalue weighted by Gasteiger charge is 2.12. The highest BCUT2D eigenvalue weighted by Crippen LogP contribution is 2.39. The molecule has 0 spiro atoms. The molecule has 7 heteroatoms. The molecule has 0 fully saturated rings. The Morgan fingerprint density at radius 1 is 0.526 bits per heavy atom. The largest absolute Gasteiger partial charge is 0.379 e. The van der Waals surface area contributed by atoms with Crippen LogP contribution in [0.5, 0.6) is 0 Å². The summed E-state index contributed by atoms with van der Waals surface area (Å²) in [6, 6.07) is 0. The van der Waals surface area contributed by atoms with Gasteiger partial charge < -0.3 is 27.8 Å². The van der Waals surface area contributed by atoms with Gasteiger partial charge in [-0.25, -0.2) is 0 Å². The molecule has 0 aromatic carbocycles. The van der Waals surface area contributed by atoms with Gasteiger partial charge in [-0.3, -0.25) is 0 Å². The first-order valence-corrected chi connectivity index (χ1v) is 7.86. The Balaban J connectivity index is 3.66. The lowest BCUT2D eigenvalue weighted by Crippen LogP contribution is -2.09. The molecule has 0 atom stereocenters. The third kappa shape index (κ3) is 14.4. The lowest BCUT2D eigenvalue weighted by Gasteiger charge is -2.16. The quantitative estimate of drug-likeness (QED) is 0.342. The first kappa shape index (κ1) is 19.2. The Hall–Kier alpha value is 0.190. The Bertz CT molecular complexity index is 144. The highest BCUT2D eigenvalue weighted by molar-refractivity contribution is 7.41. The molecule has 0 bridgehead atoms. The van der Waals surface area contributed by atoms with Crippen LogP contribution >= 0.6 is 8.60 Å². The van der Waals surface area contributed by atoms with Crippen LogP contribution in [0.2, 0.25) is 0 Å². The number of hydrogen-bond acceptors (Lipinski definition) is 6. The van der Waals surface area contributed by atoms with E-state index in [2.05, 4.69) is 0 Å². The van der Waals surface area contributed by atoms with Crippen molar-refractivity contribution in [3.63, 3.8) is 0 Å². The second-order valence-corrected chi connectivity index (χ2v) is 4.54. The highest BCUT2D eigenvalue weighted by atomic mass is 31.2. The second kappa shape index (κ2) is 16.2. The van der Waals surface area contributed by atoms with Gasteiger partial charge >= 0.3 is 8.60 Å². The lowest BCUT2D eigenvalue weighted by molar-refractivity contribution is 0.0585. The van der Waals surface area contributed by atoms with Gasteiger partial charge in [-0.2, -0.15) is 0 Å². The van der Waals surface area contributed by atoms with E-state index in [1.807, 2.05) is 20.8 Å². The summed E-state index contributed by atoms with van der Waals surface area (Å²) >= 11 is 0. The van der Waals surface area contributed by atoms with Crippen LogP contribution < -0.4 is 0 Å². The monoisotopic (exact) mass is 298 g/mol. The minimum Gasteiger partial charge on any atom is -0.379 e. The molecule has 0 heterocycles. The van der Waals surface area contributed by atoms with Gasteiger partial charge in [0, 0.05) is 19.8 Å². The van der Waals surface area contributed by atoms with E-state index in [0.717, 1.165) is 0 Å². The van der Waals surface area contributed by atoms with E-state index in [-0.39, 0.29) is 0 Å². The first-order valence-electron chi connectivity index (χ1n) is 6.77. The first-order chi connectivity index (χ1) is 9.35. The third-order valence-electron chi connectivity index (χ3n) is 1.89. The van der Waals surface area contributed by atoms with Crippen molar-refractivity contribution in [2.45, 2.75) is 20.8 Å². The van der Waals surface area contributed by atoms with Crippen LogP contribution in [-0.2, 0) is 27.8 Å². The van der Waals surface area contributed by atoms with E-state index in [4.69, 9.17) is 27.8 Å². The Morgan fingerprint density at radius 3 is 1.11 bits per heavy atom. The predicted molar refractivity (Wildman–Crippen MR) is 74.3 cm³/mol. The van der Waals surface area contributed by atoms with E-state index < -0.39 is 8.60 Å². The molecule has 6 nitrogen and oxygen atoms in total. The van der Waals surface area contributed by atoms with Crippen LogP contribution in [0.25, 0.3) is 0 Å². The molecule has 0 aromatic heterocycles. The SMILES string of the molecule is CCOCCOP(OCCOCC)OCCOCC. The van der Waals surface area contributed by atoms with Gasteiger partial charge in [0.25, 0.3) is 0 Å². The van der Waals surface area contributed by atoms with Crippen LogP contribution in [0.3, 0.4) is 0 Å². The van der Waals surface area contributed by atoms with Gasteiger partial charge in [0.15, 0.2) is 0 Å². The molecule has 0 rings (SSSR count). The topological polar surface area (TPSA) is 55.4 Å². The molecule has 0 radical (unpaired) electrons. The zero-order chi connectivity index (χ0) is 14.2. The fourth-order valence-electron chi connectivity index (χ4n) is 1.06. The van der Waals surface area contributed by atoms with Crippen molar-refractivity contribution in [2.75, 3.05) is 59.5 Å². The van der Waals surface area contributed by atoms with Crippen molar-refractivity contribution in [3.8, 4) is 0 Å². The van der Waals surface area contributed by atoms with Crippen LogP contribution in [-0.4, -0.2) is 59.5 Å². The average Bonchev–Trinajstić information content (AvgIpc) is 2.43. The zero-order valence-electron chi connectivity index (χ0n) is 12.3. The zero-order valence-corrected chi connectivity index (χ0v) is 13.2. The van der Waals surface area contributed by atoms with Crippen molar-refractivity contribution in [2.24, 2.45) is 0 Å². The fourth-order valence-corrected chi connectivity index (χ4v) is 1.95. The number of rotatable bonds is 15. The number of hydrogen-bond donors (Lipinski definition) is 0. The van der Waals surface area contributed by atoms with E-state index in [1.54, 1.807) is 0 Å². The van der Waals surface area contributed by atoms with Crippen molar-refractivity contribution in [1.29, 1.82) is 0 Å². The standard InChI is InChI=1S/C12H27O6P/c1-4-13-7-10-16-19(17-11-8-14-5-2)18-12-9-15-6-3/h4-12H2,1-3H3. The molecular formula is C12H27O6P. The van der Waals surface area contributed by atoms with Crippen molar-refractivity contribution >= 4 is 8.60 Å². The van der Waals surface area contributed by atoms with Gasteiger partial charge in [0.05, 0.1) is 39.6 Å². The molecule has 0 saturated carbocycles. The Morgan fingerprint density at radius 2 is 0.842 bits per heavy atom. The van der Waals surface area contributed by atoms with E-state index in [1.165, 1.54) is 0 Å². The summed E-state index contributed by atoms with van der Waals surface area (Å²) in [5.74, 6) is 0. The summed E-state index contributed by atoms with van der Waals surface area (Å²) in [5.41, 5.74) is 0. The molecule has 0 aromatic rings. The fraction of sp³-hybridized carbons (Fsp3) is 1.00. The van der Waals surface area contributed by atoms with Crippen molar-refractivity contribution in [1.82, 2.24) is 0 Å². The Kier molecular flexibility index (Phi) is 16.4. The summed E-state index contributed by atoms with van der Waals surface area (Å²) in [5, 5.41) is 0. The maximum atomic E-state index is 5.49. The lowest BCUT2D eigenvalue weighted by atomic mass is 10.8. The van der Waals surface area contributed by atoms with E-state index in [0.29, 0.717) is 59.5 Å². The smallest absolute Gasteiger partial charge is 0.332 e. The van der Waals surface area contributed by atoms with Gasteiger partial charge in [0.1, 0.15) is 0 Å².